The molecule has 0 saturated heterocycles. The lowest BCUT2D eigenvalue weighted by atomic mass is 10.1. The first-order valence-electron chi connectivity index (χ1n) is 6.92. The van der Waals surface area contributed by atoms with Gasteiger partial charge in [-0.05, 0) is 68.0 Å². The quantitative estimate of drug-likeness (QED) is 0.787. The van der Waals surface area contributed by atoms with E-state index in [-0.39, 0.29) is 6.04 Å². The molecule has 0 aromatic heterocycles. The lowest BCUT2D eigenvalue weighted by Crippen LogP contribution is -2.20. The smallest absolute Gasteiger partial charge is 0.175 e. The molecule has 0 fully saturated rings. The van der Waals surface area contributed by atoms with Gasteiger partial charge >= 0.3 is 0 Å². The van der Waals surface area contributed by atoms with Crippen molar-refractivity contribution >= 4 is 15.9 Å². The van der Waals surface area contributed by atoms with Crippen LogP contribution in [0.15, 0.2) is 16.6 Å². The van der Waals surface area contributed by atoms with Gasteiger partial charge in [0.1, 0.15) is 6.61 Å². The van der Waals surface area contributed by atoms with E-state index in [0.717, 1.165) is 34.5 Å². The van der Waals surface area contributed by atoms with E-state index in [9.17, 15) is 0 Å². The summed E-state index contributed by atoms with van der Waals surface area (Å²) in [5.74, 6) is 1.54. The molecule has 1 aromatic carbocycles. The van der Waals surface area contributed by atoms with Crippen molar-refractivity contribution in [1.82, 2.24) is 4.90 Å². The summed E-state index contributed by atoms with van der Waals surface area (Å²) < 4.78 is 12.4. The molecule has 0 radical (unpaired) electrons. The molecule has 5 heteroatoms. The summed E-state index contributed by atoms with van der Waals surface area (Å²) in [7, 11) is 4.04. The van der Waals surface area contributed by atoms with Crippen molar-refractivity contribution < 1.29 is 9.47 Å². The molecule has 0 aliphatic heterocycles. The minimum absolute atomic E-state index is 0.122. The van der Waals surface area contributed by atoms with Crippen molar-refractivity contribution in [3.63, 3.8) is 0 Å². The zero-order valence-electron chi connectivity index (χ0n) is 12.8. The third-order valence-electron chi connectivity index (χ3n) is 2.71. The number of benzene rings is 1. The van der Waals surface area contributed by atoms with E-state index < -0.39 is 0 Å². The van der Waals surface area contributed by atoms with Gasteiger partial charge in [0, 0.05) is 12.6 Å². The summed E-state index contributed by atoms with van der Waals surface area (Å²) in [6.07, 6.45) is 0.816. The fraction of sp³-hybridized carbons (Fsp3) is 0.600. The summed E-state index contributed by atoms with van der Waals surface area (Å²) in [6.45, 7) is 6.06. The molecule has 1 unspecified atom stereocenters. The van der Waals surface area contributed by atoms with E-state index in [2.05, 4.69) is 26.9 Å². The normalized spacial score (nSPS) is 12.6. The second-order valence-corrected chi connectivity index (χ2v) is 6.03. The van der Waals surface area contributed by atoms with Gasteiger partial charge in [0.2, 0.25) is 0 Å². The van der Waals surface area contributed by atoms with Crippen LogP contribution in [0.3, 0.4) is 0 Å². The van der Waals surface area contributed by atoms with Gasteiger partial charge in [0.25, 0.3) is 0 Å². The molecule has 0 aliphatic rings. The molecule has 2 N–H and O–H groups in total. The first-order chi connectivity index (χ1) is 9.43. The maximum atomic E-state index is 5.86. The van der Waals surface area contributed by atoms with Crippen LogP contribution in [-0.4, -0.2) is 44.8 Å². The van der Waals surface area contributed by atoms with E-state index in [4.69, 9.17) is 15.2 Å². The topological polar surface area (TPSA) is 47.7 Å². The van der Waals surface area contributed by atoms with Crippen molar-refractivity contribution in [1.29, 1.82) is 0 Å². The van der Waals surface area contributed by atoms with Crippen LogP contribution in [0.2, 0.25) is 0 Å². The molecule has 114 valence electrons. The highest BCUT2D eigenvalue weighted by atomic mass is 79.9. The first-order valence-corrected chi connectivity index (χ1v) is 7.71. The number of hydrogen-bond acceptors (Lipinski definition) is 4. The zero-order valence-corrected chi connectivity index (χ0v) is 14.4. The minimum Gasteiger partial charge on any atom is -0.490 e. The summed E-state index contributed by atoms with van der Waals surface area (Å²) in [5, 5.41) is 0. The van der Waals surface area contributed by atoms with Crippen LogP contribution in [0.4, 0.5) is 0 Å². The zero-order chi connectivity index (χ0) is 15.1. The van der Waals surface area contributed by atoms with Gasteiger partial charge in [-0.25, -0.2) is 0 Å². The Morgan fingerprint density at radius 2 is 2.00 bits per heavy atom. The molecular formula is C15H25BrN2O2. The molecule has 0 bridgehead atoms. The number of halogens is 1. The highest BCUT2D eigenvalue weighted by Crippen LogP contribution is 2.37. The number of nitrogens with two attached hydrogens (primary N) is 1. The van der Waals surface area contributed by atoms with E-state index >= 15 is 0 Å². The molecule has 0 heterocycles. The van der Waals surface area contributed by atoms with Crippen LogP contribution in [0, 0.1) is 0 Å². The first kappa shape index (κ1) is 17.3. The van der Waals surface area contributed by atoms with Gasteiger partial charge in [0.05, 0.1) is 11.1 Å². The fourth-order valence-electron chi connectivity index (χ4n) is 1.84. The van der Waals surface area contributed by atoms with E-state index in [1.54, 1.807) is 0 Å². The lowest BCUT2D eigenvalue weighted by molar-refractivity contribution is 0.242. The summed E-state index contributed by atoms with van der Waals surface area (Å²) in [6, 6.07) is 4.19. The minimum atomic E-state index is 0.122. The number of hydrogen-bond donors (Lipinski definition) is 1. The third-order valence-corrected chi connectivity index (χ3v) is 3.30. The van der Waals surface area contributed by atoms with Crippen molar-refractivity contribution in [2.45, 2.75) is 26.3 Å². The van der Waals surface area contributed by atoms with Crippen LogP contribution in [0.25, 0.3) is 0 Å². The maximum Gasteiger partial charge on any atom is 0.175 e. The number of nitrogens with zero attached hydrogens (tertiary/aromatic N) is 1. The second kappa shape index (κ2) is 8.49. The van der Waals surface area contributed by atoms with Gasteiger partial charge in [-0.3, -0.25) is 0 Å². The molecule has 0 amide bonds. The standard InChI is InChI=1S/C15H25BrN2O2/c1-5-19-14-10-12(8-11(2)17)9-13(16)15(14)20-7-6-18(3)4/h9-11H,5-8,17H2,1-4H3. The summed E-state index contributed by atoms with van der Waals surface area (Å²) in [5.41, 5.74) is 7.01. The lowest BCUT2D eigenvalue weighted by Gasteiger charge is -2.17. The Labute approximate surface area is 130 Å². The Hall–Kier alpha value is -0.780. The molecule has 0 saturated carbocycles. The number of rotatable bonds is 8. The predicted octanol–water partition coefficient (Wildman–Crippen LogP) is 2.68. The highest BCUT2D eigenvalue weighted by molar-refractivity contribution is 9.10. The molecule has 0 spiro atoms. The van der Waals surface area contributed by atoms with E-state index in [1.165, 1.54) is 0 Å². The molecule has 4 nitrogen and oxygen atoms in total. The monoisotopic (exact) mass is 344 g/mol. The fourth-order valence-corrected chi connectivity index (χ4v) is 2.45. The van der Waals surface area contributed by atoms with Gasteiger partial charge in [-0.1, -0.05) is 0 Å². The Morgan fingerprint density at radius 1 is 1.30 bits per heavy atom. The Bertz CT molecular complexity index is 423. The average Bonchev–Trinajstić information content (AvgIpc) is 2.31. The van der Waals surface area contributed by atoms with Gasteiger partial charge in [-0.15, -0.1) is 0 Å². The van der Waals surface area contributed by atoms with Gasteiger partial charge in [0.15, 0.2) is 11.5 Å². The summed E-state index contributed by atoms with van der Waals surface area (Å²) >= 11 is 3.57. The molecule has 1 aromatic rings. The van der Waals surface area contributed by atoms with Crippen molar-refractivity contribution in [2.24, 2.45) is 5.73 Å². The van der Waals surface area contributed by atoms with E-state index in [1.807, 2.05) is 34.0 Å². The van der Waals surface area contributed by atoms with Crippen LogP contribution in [0.5, 0.6) is 11.5 Å². The summed E-state index contributed by atoms with van der Waals surface area (Å²) in [4.78, 5) is 2.08. The Kier molecular flexibility index (Phi) is 7.34. The van der Waals surface area contributed by atoms with Crippen LogP contribution < -0.4 is 15.2 Å². The Balaban J connectivity index is 2.90. The maximum absolute atomic E-state index is 5.86. The van der Waals surface area contributed by atoms with Crippen molar-refractivity contribution in [3.8, 4) is 11.5 Å². The largest absolute Gasteiger partial charge is 0.490 e. The van der Waals surface area contributed by atoms with Crippen molar-refractivity contribution in [3.05, 3.63) is 22.2 Å². The van der Waals surface area contributed by atoms with Crippen LogP contribution >= 0.6 is 15.9 Å². The molecule has 20 heavy (non-hydrogen) atoms. The van der Waals surface area contributed by atoms with Gasteiger partial charge in [-0.2, -0.15) is 0 Å². The van der Waals surface area contributed by atoms with Crippen LogP contribution in [0.1, 0.15) is 19.4 Å². The SMILES string of the molecule is CCOc1cc(CC(C)N)cc(Br)c1OCCN(C)C. The third kappa shape index (κ3) is 5.69. The predicted molar refractivity (Wildman–Crippen MR) is 86.7 cm³/mol. The average molecular weight is 345 g/mol. The number of ether oxygens (including phenoxy) is 2. The molecule has 1 rings (SSSR count). The van der Waals surface area contributed by atoms with Crippen LogP contribution in [-0.2, 0) is 6.42 Å². The van der Waals surface area contributed by atoms with E-state index in [0.29, 0.717) is 13.2 Å². The molecule has 1 atom stereocenters. The Morgan fingerprint density at radius 3 is 2.55 bits per heavy atom. The molecular weight excluding hydrogens is 320 g/mol. The molecule has 0 aliphatic carbocycles. The highest BCUT2D eigenvalue weighted by Gasteiger charge is 2.13. The number of likely N-dealkylation sites (N-methyl/N-ethyl adjacent to an activating group) is 1. The van der Waals surface area contributed by atoms with Gasteiger partial charge < -0.3 is 20.1 Å². The second-order valence-electron chi connectivity index (χ2n) is 5.17. The van der Waals surface area contributed by atoms with Crippen molar-refractivity contribution in [2.75, 3.05) is 33.9 Å².